The monoisotopic (exact) mass is 482 g/mol. The normalized spacial score (nSPS) is 13.5. The summed E-state index contributed by atoms with van der Waals surface area (Å²) in [4.78, 5) is 20.8. The fraction of sp³-hybridized carbons (Fsp3) is 0.316. The average molecular weight is 482 g/mol. The van der Waals surface area contributed by atoms with E-state index in [1.54, 1.807) is 19.2 Å². The van der Waals surface area contributed by atoms with E-state index in [0.29, 0.717) is 23.8 Å². The van der Waals surface area contributed by atoms with E-state index < -0.39 is 0 Å². The molecule has 1 aromatic carbocycles. The van der Waals surface area contributed by atoms with Crippen molar-refractivity contribution in [3.05, 3.63) is 53.3 Å². The number of aromatic nitrogens is 1. The highest BCUT2D eigenvalue weighted by molar-refractivity contribution is 14.0. The third-order valence-electron chi connectivity index (χ3n) is 4.13. The number of nitrogens with one attached hydrogen (secondary N) is 1. The van der Waals surface area contributed by atoms with Crippen molar-refractivity contribution in [3.63, 3.8) is 0 Å². The lowest BCUT2D eigenvalue weighted by molar-refractivity contribution is 0.0598. The molecular weight excluding hydrogens is 459 g/mol. The van der Waals surface area contributed by atoms with Gasteiger partial charge in [-0.2, -0.15) is 0 Å². The number of esters is 1. The Morgan fingerprint density at radius 3 is 2.67 bits per heavy atom. The Balaban J connectivity index is 0.00000261. The summed E-state index contributed by atoms with van der Waals surface area (Å²) in [6, 6.07) is 11.0. The zero-order chi connectivity index (χ0) is 18.5. The number of carbonyl (C=O) groups excluding carboxylic acids is 1. The molecular formula is C19H23IN4O3. The fourth-order valence-corrected chi connectivity index (χ4v) is 2.65. The van der Waals surface area contributed by atoms with Crippen molar-refractivity contribution in [3.8, 4) is 5.75 Å². The molecule has 0 bridgehead atoms. The molecule has 27 heavy (non-hydrogen) atoms. The number of halogens is 1. The molecule has 8 heteroatoms. The summed E-state index contributed by atoms with van der Waals surface area (Å²) >= 11 is 0. The molecule has 2 aromatic rings. The molecule has 3 N–H and O–H groups in total. The number of hydrogen-bond acceptors (Lipinski definition) is 5. The number of pyridine rings is 1. The first-order chi connectivity index (χ1) is 12.6. The van der Waals surface area contributed by atoms with E-state index in [2.05, 4.69) is 15.3 Å². The number of para-hydroxylation sites is 2. The Labute approximate surface area is 175 Å². The van der Waals surface area contributed by atoms with Crippen LogP contribution in [-0.4, -0.2) is 31.1 Å². The van der Waals surface area contributed by atoms with Gasteiger partial charge in [0, 0.05) is 5.92 Å². The Hall–Kier alpha value is -2.36. The number of nitrogens with two attached hydrogens (primary N) is 1. The van der Waals surface area contributed by atoms with Crippen LogP contribution in [0, 0.1) is 0 Å². The van der Waals surface area contributed by atoms with E-state index >= 15 is 0 Å². The predicted octanol–water partition coefficient (Wildman–Crippen LogP) is 3.30. The van der Waals surface area contributed by atoms with E-state index in [4.69, 9.17) is 15.2 Å². The van der Waals surface area contributed by atoms with Gasteiger partial charge >= 0.3 is 5.97 Å². The van der Waals surface area contributed by atoms with Crippen LogP contribution < -0.4 is 15.8 Å². The lowest BCUT2D eigenvalue weighted by Crippen LogP contribution is -2.23. The Kier molecular flexibility index (Phi) is 7.40. The van der Waals surface area contributed by atoms with Crippen molar-refractivity contribution in [1.29, 1.82) is 0 Å². The van der Waals surface area contributed by atoms with Crippen LogP contribution in [0.25, 0.3) is 0 Å². The molecule has 0 spiro atoms. The van der Waals surface area contributed by atoms with Crippen LogP contribution in [0.4, 0.5) is 5.69 Å². The molecule has 1 fully saturated rings. The molecule has 7 nitrogen and oxygen atoms in total. The molecule has 0 amide bonds. The van der Waals surface area contributed by atoms with Gasteiger partial charge in [-0.1, -0.05) is 12.1 Å². The van der Waals surface area contributed by atoms with Crippen LogP contribution >= 0.6 is 24.0 Å². The van der Waals surface area contributed by atoms with Gasteiger partial charge < -0.3 is 20.5 Å². The first-order valence-electron chi connectivity index (χ1n) is 8.40. The SMILES string of the molecule is COC(=O)c1ccc(CN=C(N)Nc2ccccc2OC)nc1C1CC1.I. The highest BCUT2D eigenvalue weighted by Crippen LogP contribution is 2.40. The van der Waals surface area contributed by atoms with E-state index in [1.165, 1.54) is 7.11 Å². The third-order valence-corrected chi connectivity index (χ3v) is 4.13. The van der Waals surface area contributed by atoms with Gasteiger partial charge in [-0.15, -0.1) is 24.0 Å². The number of anilines is 1. The van der Waals surface area contributed by atoms with Crippen LogP contribution in [0.1, 0.15) is 40.5 Å². The van der Waals surface area contributed by atoms with Gasteiger partial charge in [-0.25, -0.2) is 9.79 Å². The minimum absolute atomic E-state index is 0. The lowest BCUT2D eigenvalue weighted by Gasteiger charge is -2.10. The van der Waals surface area contributed by atoms with E-state index in [9.17, 15) is 4.79 Å². The Morgan fingerprint density at radius 2 is 2.00 bits per heavy atom. The molecule has 0 atom stereocenters. The first-order valence-corrected chi connectivity index (χ1v) is 8.40. The van der Waals surface area contributed by atoms with Crippen LogP contribution in [0.5, 0.6) is 5.75 Å². The van der Waals surface area contributed by atoms with E-state index in [-0.39, 0.29) is 35.9 Å². The number of nitrogens with zero attached hydrogens (tertiary/aromatic N) is 2. The minimum Gasteiger partial charge on any atom is -0.495 e. The number of aliphatic imine (C=N–C) groups is 1. The first kappa shape index (κ1) is 20.9. The summed E-state index contributed by atoms with van der Waals surface area (Å²) in [5.74, 6) is 0.924. The molecule has 1 aliphatic carbocycles. The number of rotatable bonds is 6. The maximum Gasteiger partial charge on any atom is 0.339 e. The zero-order valence-corrected chi connectivity index (χ0v) is 17.6. The molecule has 1 aliphatic rings. The molecule has 1 heterocycles. The van der Waals surface area contributed by atoms with Crippen LogP contribution in [0.15, 0.2) is 41.4 Å². The minimum atomic E-state index is -0.355. The molecule has 3 rings (SSSR count). The Morgan fingerprint density at radius 1 is 1.26 bits per heavy atom. The smallest absolute Gasteiger partial charge is 0.339 e. The molecule has 0 aliphatic heterocycles. The van der Waals surface area contributed by atoms with Gasteiger partial charge in [0.2, 0.25) is 0 Å². The molecule has 0 radical (unpaired) electrons. The van der Waals surface area contributed by atoms with Gasteiger partial charge in [0.15, 0.2) is 5.96 Å². The maximum atomic E-state index is 11.9. The van der Waals surface area contributed by atoms with Crippen LogP contribution in [-0.2, 0) is 11.3 Å². The number of carbonyl (C=O) groups is 1. The van der Waals surface area contributed by atoms with Crippen molar-refractivity contribution < 1.29 is 14.3 Å². The van der Waals surface area contributed by atoms with Crippen molar-refractivity contribution in [2.75, 3.05) is 19.5 Å². The second kappa shape index (κ2) is 9.54. The molecule has 0 saturated heterocycles. The number of hydrogen-bond donors (Lipinski definition) is 2. The number of guanidine groups is 1. The van der Waals surface area contributed by atoms with Gasteiger partial charge in [0.1, 0.15) is 5.75 Å². The number of ether oxygens (including phenoxy) is 2. The fourth-order valence-electron chi connectivity index (χ4n) is 2.65. The molecule has 1 aromatic heterocycles. The summed E-state index contributed by atoms with van der Waals surface area (Å²) in [5.41, 5.74) is 8.79. The number of methoxy groups -OCH3 is 2. The van der Waals surface area contributed by atoms with Crippen molar-refractivity contribution in [1.82, 2.24) is 4.98 Å². The van der Waals surface area contributed by atoms with Gasteiger partial charge in [0.05, 0.1) is 43.4 Å². The summed E-state index contributed by atoms with van der Waals surface area (Å²) in [6.45, 7) is 0.315. The van der Waals surface area contributed by atoms with Gasteiger partial charge in [-0.3, -0.25) is 4.98 Å². The topological polar surface area (TPSA) is 98.8 Å². The van der Waals surface area contributed by atoms with Crippen LogP contribution in [0.3, 0.4) is 0 Å². The average Bonchev–Trinajstić information content (AvgIpc) is 3.51. The van der Waals surface area contributed by atoms with Crippen molar-refractivity contribution in [2.24, 2.45) is 10.7 Å². The van der Waals surface area contributed by atoms with Crippen molar-refractivity contribution >= 4 is 41.6 Å². The number of benzene rings is 1. The predicted molar refractivity (Wildman–Crippen MR) is 115 cm³/mol. The highest BCUT2D eigenvalue weighted by atomic mass is 127. The second-order valence-corrected chi connectivity index (χ2v) is 6.03. The molecule has 1 saturated carbocycles. The largest absolute Gasteiger partial charge is 0.495 e. The van der Waals surface area contributed by atoms with Gasteiger partial charge in [0.25, 0.3) is 0 Å². The van der Waals surface area contributed by atoms with Crippen molar-refractivity contribution in [2.45, 2.75) is 25.3 Å². The summed E-state index contributed by atoms with van der Waals surface area (Å²) in [5, 5.41) is 3.02. The second-order valence-electron chi connectivity index (χ2n) is 6.03. The molecule has 0 unspecified atom stereocenters. The highest BCUT2D eigenvalue weighted by Gasteiger charge is 2.30. The maximum absolute atomic E-state index is 11.9. The molecule has 144 valence electrons. The van der Waals surface area contributed by atoms with E-state index in [1.807, 2.05) is 24.3 Å². The lowest BCUT2D eigenvalue weighted by atomic mass is 10.1. The quantitative estimate of drug-likeness (QED) is 0.284. The zero-order valence-electron chi connectivity index (χ0n) is 15.3. The summed E-state index contributed by atoms with van der Waals surface area (Å²) < 4.78 is 10.1. The Bertz CT molecular complexity index is 837. The van der Waals surface area contributed by atoms with Crippen LogP contribution in [0.2, 0.25) is 0 Å². The standard InChI is InChI=1S/C19H22N4O3.HI/c1-25-16-6-4-3-5-15(16)23-19(20)21-11-13-9-10-14(18(24)26-2)17(22-13)12-7-8-12;/h3-6,9-10,12H,7-8,11H2,1-2H3,(H3,20,21,23);1H. The summed E-state index contributed by atoms with van der Waals surface area (Å²) in [7, 11) is 2.97. The summed E-state index contributed by atoms with van der Waals surface area (Å²) in [6.07, 6.45) is 2.09. The third kappa shape index (κ3) is 5.31. The van der Waals surface area contributed by atoms with E-state index in [0.717, 1.165) is 29.9 Å². The van der Waals surface area contributed by atoms with Gasteiger partial charge in [-0.05, 0) is 37.1 Å².